The highest BCUT2D eigenvalue weighted by Gasteiger charge is 2.17. The van der Waals surface area contributed by atoms with Crippen molar-refractivity contribution in [2.45, 2.75) is 39.8 Å². The van der Waals surface area contributed by atoms with Gasteiger partial charge >= 0.3 is 0 Å². The van der Waals surface area contributed by atoms with Gasteiger partial charge in [0.05, 0.1) is 0 Å². The van der Waals surface area contributed by atoms with Crippen molar-refractivity contribution in [1.29, 1.82) is 0 Å². The van der Waals surface area contributed by atoms with Gasteiger partial charge in [0.15, 0.2) is 11.6 Å². The van der Waals surface area contributed by atoms with E-state index >= 15 is 0 Å². The first-order valence-electron chi connectivity index (χ1n) is 6.85. The zero-order valence-electron chi connectivity index (χ0n) is 11.9. The summed E-state index contributed by atoms with van der Waals surface area (Å²) in [5, 5.41) is 3.24. The molecule has 0 spiro atoms. The molecule has 2 heterocycles. The summed E-state index contributed by atoms with van der Waals surface area (Å²) in [7, 11) is 0. The summed E-state index contributed by atoms with van der Waals surface area (Å²) < 4.78 is 14.4. The van der Waals surface area contributed by atoms with Crippen molar-refractivity contribution in [3.63, 3.8) is 0 Å². The van der Waals surface area contributed by atoms with E-state index in [1.54, 1.807) is 12.3 Å². The summed E-state index contributed by atoms with van der Waals surface area (Å²) in [5.74, 6) is 0.287. The quantitative estimate of drug-likeness (QED) is 0.847. The Morgan fingerprint density at radius 2 is 2.26 bits per heavy atom. The predicted molar refractivity (Wildman–Crippen MR) is 76.8 cm³/mol. The van der Waals surface area contributed by atoms with Crippen molar-refractivity contribution in [1.82, 2.24) is 10.3 Å². The molecular weight excluding hydrogens is 241 g/mol. The van der Waals surface area contributed by atoms with E-state index in [2.05, 4.69) is 37.1 Å². The largest absolute Gasteiger partial charge is 0.350 e. The standard InChI is InChI=1S/C15H22FN3/c1-11(2)18-10-13-4-7-17-15(14(13)16)19-8-5-12(3)6-9-19/h4-5,7,11,18H,6,8-10H2,1-3H3. The Bertz CT molecular complexity index is 468. The van der Waals surface area contributed by atoms with Crippen LogP contribution in [0.15, 0.2) is 23.9 Å². The summed E-state index contributed by atoms with van der Waals surface area (Å²) >= 11 is 0. The van der Waals surface area contributed by atoms with Crippen molar-refractivity contribution in [3.8, 4) is 0 Å². The normalized spacial score (nSPS) is 15.8. The van der Waals surface area contributed by atoms with E-state index in [9.17, 15) is 4.39 Å². The van der Waals surface area contributed by atoms with Crippen LogP contribution in [0.5, 0.6) is 0 Å². The van der Waals surface area contributed by atoms with Crippen LogP contribution in [0.2, 0.25) is 0 Å². The highest BCUT2D eigenvalue weighted by molar-refractivity contribution is 5.45. The number of pyridine rings is 1. The fraction of sp³-hybridized carbons (Fsp3) is 0.533. The lowest BCUT2D eigenvalue weighted by Crippen LogP contribution is -2.30. The topological polar surface area (TPSA) is 28.2 Å². The molecule has 2 rings (SSSR count). The number of hydrogen-bond donors (Lipinski definition) is 1. The van der Waals surface area contributed by atoms with E-state index in [-0.39, 0.29) is 5.82 Å². The minimum absolute atomic E-state index is 0.191. The molecule has 19 heavy (non-hydrogen) atoms. The molecule has 1 aromatic heterocycles. The molecule has 0 bridgehead atoms. The maximum absolute atomic E-state index is 14.4. The number of anilines is 1. The third-order valence-electron chi connectivity index (χ3n) is 3.39. The first kappa shape index (κ1) is 14.0. The van der Waals surface area contributed by atoms with E-state index in [0.717, 1.165) is 19.5 Å². The van der Waals surface area contributed by atoms with Crippen LogP contribution in [0, 0.1) is 5.82 Å². The third kappa shape index (κ3) is 3.53. The number of nitrogens with zero attached hydrogens (tertiary/aromatic N) is 2. The van der Waals surface area contributed by atoms with Crippen molar-refractivity contribution in [2.75, 3.05) is 18.0 Å². The molecule has 0 aromatic carbocycles. The minimum Gasteiger partial charge on any atom is -0.350 e. The van der Waals surface area contributed by atoms with Crippen LogP contribution in [0.4, 0.5) is 10.2 Å². The number of hydrogen-bond acceptors (Lipinski definition) is 3. The Morgan fingerprint density at radius 3 is 2.89 bits per heavy atom. The highest BCUT2D eigenvalue weighted by atomic mass is 19.1. The summed E-state index contributed by atoms with van der Waals surface area (Å²) in [6.07, 6.45) is 4.82. The molecule has 0 saturated carbocycles. The summed E-state index contributed by atoms with van der Waals surface area (Å²) in [6.45, 7) is 8.35. The van der Waals surface area contributed by atoms with Gasteiger partial charge in [0.2, 0.25) is 0 Å². The maximum Gasteiger partial charge on any atom is 0.170 e. The summed E-state index contributed by atoms with van der Waals surface area (Å²) in [5.41, 5.74) is 2.05. The van der Waals surface area contributed by atoms with Crippen LogP contribution in [0.1, 0.15) is 32.8 Å². The molecule has 0 aliphatic carbocycles. The van der Waals surface area contributed by atoms with Gasteiger partial charge in [-0.15, -0.1) is 0 Å². The van der Waals surface area contributed by atoms with Gasteiger partial charge in [0, 0.05) is 37.4 Å². The lowest BCUT2D eigenvalue weighted by molar-refractivity contribution is 0.547. The Hall–Kier alpha value is -1.42. The second-order valence-electron chi connectivity index (χ2n) is 5.39. The molecule has 1 aliphatic heterocycles. The van der Waals surface area contributed by atoms with Gasteiger partial charge in [0.1, 0.15) is 0 Å². The van der Waals surface area contributed by atoms with Crippen LogP contribution < -0.4 is 10.2 Å². The van der Waals surface area contributed by atoms with Gasteiger partial charge in [-0.05, 0) is 19.4 Å². The molecule has 0 unspecified atom stereocenters. The molecule has 1 aromatic rings. The fourth-order valence-corrected chi connectivity index (χ4v) is 2.11. The second kappa shape index (κ2) is 6.15. The molecule has 1 N–H and O–H groups in total. The van der Waals surface area contributed by atoms with Gasteiger partial charge in [0.25, 0.3) is 0 Å². The SMILES string of the molecule is CC1=CCN(c2nccc(CNC(C)C)c2F)CC1. The van der Waals surface area contributed by atoms with Gasteiger partial charge in [-0.2, -0.15) is 0 Å². The maximum atomic E-state index is 14.4. The predicted octanol–water partition coefficient (Wildman–Crippen LogP) is 2.88. The van der Waals surface area contributed by atoms with Crippen LogP contribution in [0.25, 0.3) is 0 Å². The van der Waals surface area contributed by atoms with Crippen molar-refractivity contribution < 1.29 is 4.39 Å². The van der Waals surface area contributed by atoms with E-state index in [4.69, 9.17) is 0 Å². The number of nitrogens with one attached hydrogen (secondary N) is 1. The zero-order chi connectivity index (χ0) is 13.8. The van der Waals surface area contributed by atoms with Gasteiger partial charge in [-0.25, -0.2) is 9.37 Å². The molecule has 1 aliphatic rings. The van der Waals surface area contributed by atoms with Crippen molar-refractivity contribution in [2.24, 2.45) is 0 Å². The first-order valence-corrected chi connectivity index (χ1v) is 6.85. The Labute approximate surface area is 114 Å². The lowest BCUT2D eigenvalue weighted by Gasteiger charge is -2.27. The van der Waals surface area contributed by atoms with Crippen molar-refractivity contribution in [3.05, 3.63) is 35.3 Å². The average Bonchev–Trinajstić information content (AvgIpc) is 2.39. The Balaban J connectivity index is 2.15. The van der Waals surface area contributed by atoms with E-state index in [1.165, 1.54) is 5.57 Å². The molecule has 3 nitrogen and oxygen atoms in total. The first-order chi connectivity index (χ1) is 9.08. The zero-order valence-corrected chi connectivity index (χ0v) is 11.9. The monoisotopic (exact) mass is 263 g/mol. The van der Waals surface area contributed by atoms with Gasteiger partial charge < -0.3 is 10.2 Å². The lowest BCUT2D eigenvalue weighted by atomic mass is 10.1. The molecule has 0 saturated heterocycles. The van der Waals surface area contributed by atoms with Gasteiger partial charge in [-0.1, -0.05) is 25.5 Å². The molecule has 0 fully saturated rings. The Kier molecular flexibility index (Phi) is 4.53. The number of rotatable bonds is 4. The van der Waals surface area contributed by atoms with Crippen LogP contribution in [0.3, 0.4) is 0 Å². The average molecular weight is 263 g/mol. The second-order valence-corrected chi connectivity index (χ2v) is 5.39. The van der Waals surface area contributed by atoms with E-state index in [1.807, 2.05) is 4.90 Å². The molecule has 0 radical (unpaired) electrons. The number of aromatic nitrogens is 1. The summed E-state index contributed by atoms with van der Waals surface area (Å²) in [4.78, 5) is 6.21. The van der Waals surface area contributed by atoms with Crippen LogP contribution >= 0.6 is 0 Å². The minimum atomic E-state index is -0.191. The third-order valence-corrected chi connectivity index (χ3v) is 3.39. The smallest absolute Gasteiger partial charge is 0.170 e. The molecule has 0 amide bonds. The van der Waals surface area contributed by atoms with Crippen LogP contribution in [-0.4, -0.2) is 24.1 Å². The van der Waals surface area contributed by atoms with Gasteiger partial charge in [-0.3, -0.25) is 0 Å². The number of halogens is 1. The van der Waals surface area contributed by atoms with Crippen molar-refractivity contribution >= 4 is 5.82 Å². The summed E-state index contributed by atoms with van der Waals surface area (Å²) in [6, 6.07) is 2.09. The molecule has 0 atom stereocenters. The highest BCUT2D eigenvalue weighted by Crippen LogP contribution is 2.22. The van der Waals surface area contributed by atoms with E-state index in [0.29, 0.717) is 24.0 Å². The van der Waals surface area contributed by atoms with Crippen LogP contribution in [-0.2, 0) is 6.54 Å². The molecule has 4 heteroatoms. The van der Waals surface area contributed by atoms with E-state index < -0.39 is 0 Å². The fourth-order valence-electron chi connectivity index (χ4n) is 2.11. The Morgan fingerprint density at radius 1 is 1.47 bits per heavy atom. The molecular formula is C15H22FN3. The molecule has 104 valence electrons.